The van der Waals surface area contributed by atoms with Gasteiger partial charge in [-0.1, -0.05) is 13.8 Å². The molecule has 0 aromatic carbocycles. The number of rotatable bonds is 6. The van der Waals surface area contributed by atoms with Crippen molar-refractivity contribution >= 4 is 0 Å². The van der Waals surface area contributed by atoms with Crippen LogP contribution in [0.3, 0.4) is 0 Å². The number of aryl methyl sites for hydroxylation is 1. The summed E-state index contributed by atoms with van der Waals surface area (Å²) in [5.41, 5.74) is 0. The first-order chi connectivity index (χ1) is 7.54. The lowest BCUT2D eigenvalue weighted by molar-refractivity contribution is 0.230. The number of aliphatic hydroxyl groups is 1. The zero-order valence-electron chi connectivity index (χ0n) is 10.4. The number of nitrogens with one attached hydrogen (secondary N) is 1. The predicted octanol–water partition coefficient (Wildman–Crippen LogP) is 1.44. The number of aliphatic hydroxyl groups excluding tert-OH is 1. The maximum Gasteiger partial charge on any atom is 0.233 e. The molecule has 1 heterocycles. The van der Waals surface area contributed by atoms with E-state index in [1.807, 2.05) is 6.92 Å². The van der Waals surface area contributed by atoms with Crippen molar-refractivity contribution in [3.05, 3.63) is 11.8 Å². The first kappa shape index (κ1) is 13.1. The Morgan fingerprint density at radius 3 is 2.44 bits per heavy atom. The maximum absolute atomic E-state index is 8.98. The lowest BCUT2D eigenvalue weighted by Crippen LogP contribution is -2.36. The van der Waals surface area contributed by atoms with Gasteiger partial charge in [0.25, 0.3) is 0 Å². The quantitative estimate of drug-likeness (QED) is 0.769. The largest absolute Gasteiger partial charge is 0.424 e. The predicted molar refractivity (Wildman–Crippen MR) is 60.9 cm³/mol. The van der Waals surface area contributed by atoms with Crippen LogP contribution in [-0.4, -0.2) is 28.0 Å². The molecule has 2 unspecified atom stereocenters. The Morgan fingerprint density at radius 2 is 2.00 bits per heavy atom. The second kappa shape index (κ2) is 5.96. The first-order valence-corrected chi connectivity index (χ1v) is 5.71. The second-order valence-electron chi connectivity index (χ2n) is 4.41. The third kappa shape index (κ3) is 3.57. The van der Waals surface area contributed by atoms with Crippen LogP contribution >= 0.6 is 0 Å². The molecular formula is C11H21N3O2. The number of nitrogens with zero attached hydrogens (tertiary/aromatic N) is 2. The van der Waals surface area contributed by atoms with Gasteiger partial charge >= 0.3 is 0 Å². The van der Waals surface area contributed by atoms with Gasteiger partial charge in [0.15, 0.2) is 0 Å². The topological polar surface area (TPSA) is 71.2 Å². The summed E-state index contributed by atoms with van der Waals surface area (Å²) < 4.78 is 5.36. The minimum absolute atomic E-state index is 0.0140. The molecule has 2 atom stereocenters. The monoisotopic (exact) mass is 227 g/mol. The average molecular weight is 227 g/mol. The van der Waals surface area contributed by atoms with Crippen molar-refractivity contribution in [3.63, 3.8) is 0 Å². The Kier molecular flexibility index (Phi) is 4.89. The molecule has 1 aromatic rings. The van der Waals surface area contributed by atoms with Crippen LogP contribution in [-0.2, 0) is 0 Å². The fourth-order valence-electron chi connectivity index (χ4n) is 1.63. The summed E-state index contributed by atoms with van der Waals surface area (Å²) in [6.07, 6.45) is 0.731. The number of aromatic nitrogens is 2. The Hall–Kier alpha value is -0.940. The minimum atomic E-state index is 0.0140. The van der Waals surface area contributed by atoms with Gasteiger partial charge < -0.3 is 14.8 Å². The molecule has 0 aliphatic carbocycles. The molecule has 5 nitrogen and oxygen atoms in total. The second-order valence-corrected chi connectivity index (χ2v) is 4.41. The molecular weight excluding hydrogens is 206 g/mol. The molecule has 0 spiro atoms. The van der Waals surface area contributed by atoms with Crippen LogP contribution in [0.2, 0.25) is 0 Å². The molecule has 0 saturated heterocycles. The summed E-state index contributed by atoms with van der Waals surface area (Å²) in [7, 11) is 0. The van der Waals surface area contributed by atoms with Gasteiger partial charge in [-0.15, -0.1) is 10.2 Å². The zero-order valence-corrected chi connectivity index (χ0v) is 10.4. The van der Waals surface area contributed by atoms with E-state index in [9.17, 15) is 0 Å². The highest BCUT2D eigenvalue weighted by Crippen LogP contribution is 2.15. The number of hydrogen-bond acceptors (Lipinski definition) is 5. The van der Waals surface area contributed by atoms with Crippen molar-refractivity contribution < 1.29 is 9.52 Å². The number of hydrogen-bond donors (Lipinski definition) is 2. The van der Waals surface area contributed by atoms with E-state index in [-0.39, 0.29) is 18.7 Å². The van der Waals surface area contributed by atoms with Gasteiger partial charge in [-0.25, -0.2) is 0 Å². The van der Waals surface area contributed by atoms with Gasteiger partial charge in [0, 0.05) is 19.6 Å². The Morgan fingerprint density at radius 1 is 1.31 bits per heavy atom. The van der Waals surface area contributed by atoms with E-state index in [0.717, 1.165) is 6.42 Å². The summed E-state index contributed by atoms with van der Waals surface area (Å²) in [5, 5.41) is 20.1. The summed E-state index contributed by atoms with van der Waals surface area (Å²) in [6.45, 7) is 8.19. The molecule has 92 valence electrons. The highest BCUT2D eigenvalue weighted by molar-refractivity contribution is 4.88. The maximum atomic E-state index is 8.98. The van der Waals surface area contributed by atoms with E-state index in [2.05, 4.69) is 29.4 Å². The minimum Gasteiger partial charge on any atom is -0.424 e. The molecule has 16 heavy (non-hydrogen) atoms. The van der Waals surface area contributed by atoms with E-state index >= 15 is 0 Å². The van der Waals surface area contributed by atoms with Crippen molar-refractivity contribution in [2.45, 2.75) is 46.2 Å². The lowest BCUT2D eigenvalue weighted by atomic mass is 10.0. The fourth-order valence-corrected chi connectivity index (χ4v) is 1.63. The zero-order chi connectivity index (χ0) is 12.1. The molecule has 1 rings (SSSR count). The van der Waals surface area contributed by atoms with Gasteiger partial charge in [-0.05, 0) is 19.3 Å². The summed E-state index contributed by atoms with van der Waals surface area (Å²) in [4.78, 5) is 0. The average Bonchev–Trinajstić information content (AvgIpc) is 2.64. The molecule has 0 fully saturated rings. The Balaban J connectivity index is 2.57. The highest BCUT2D eigenvalue weighted by atomic mass is 16.4. The van der Waals surface area contributed by atoms with Crippen LogP contribution in [0, 0.1) is 12.8 Å². The molecule has 0 aliphatic rings. The Labute approximate surface area is 96.3 Å². The van der Waals surface area contributed by atoms with Crippen LogP contribution in [0.5, 0.6) is 0 Å². The van der Waals surface area contributed by atoms with Crippen LogP contribution in [0.25, 0.3) is 0 Å². The first-order valence-electron chi connectivity index (χ1n) is 5.71. The van der Waals surface area contributed by atoms with E-state index in [1.165, 1.54) is 0 Å². The van der Waals surface area contributed by atoms with E-state index in [0.29, 0.717) is 17.7 Å². The molecule has 0 amide bonds. The van der Waals surface area contributed by atoms with E-state index in [4.69, 9.17) is 9.52 Å². The van der Waals surface area contributed by atoms with Crippen LogP contribution in [0.1, 0.15) is 45.0 Å². The molecule has 0 aliphatic heterocycles. The third-order valence-electron chi connectivity index (χ3n) is 2.62. The lowest BCUT2D eigenvalue weighted by Gasteiger charge is -2.24. The van der Waals surface area contributed by atoms with E-state index in [1.54, 1.807) is 6.92 Å². The van der Waals surface area contributed by atoms with Crippen molar-refractivity contribution in [1.82, 2.24) is 15.5 Å². The van der Waals surface area contributed by atoms with Gasteiger partial charge in [0.1, 0.15) is 0 Å². The van der Waals surface area contributed by atoms with Crippen molar-refractivity contribution in [2.24, 2.45) is 5.92 Å². The molecule has 0 bridgehead atoms. The van der Waals surface area contributed by atoms with Crippen LogP contribution in [0.4, 0.5) is 0 Å². The molecule has 1 aromatic heterocycles. The van der Waals surface area contributed by atoms with Gasteiger partial charge in [-0.2, -0.15) is 0 Å². The normalized spacial score (nSPS) is 15.4. The highest BCUT2D eigenvalue weighted by Gasteiger charge is 2.19. The molecule has 0 saturated carbocycles. The molecule has 0 radical (unpaired) electrons. The summed E-state index contributed by atoms with van der Waals surface area (Å²) in [5.74, 6) is 1.63. The van der Waals surface area contributed by atoms with Crippen molar-refractivity contribution in [3.8, 4) is 0 Å². The fraction of sp³-hybridized carbons (Fsp3) is 0.818. The SMILES string of the molecule is Cc1nnc(C(C)NC(CCO)C(C)C)o1. The standard InChI is InChI=1S/C11H21N3O2/c1-7(2)10(5-6-15)12-8(3)11-14-13-9(4)16-11/h7-8,10,12,15H,5-6H2,1-4H3. The third-order valence-corrected chi connectivity index (χ3v) is 2.62. The van der Waals surface area contributed by atoms with Crippen molar-refractivity contribution in [1.29, 1.82) is 0 Å². The van der Waals surface area contributed by atoms with Gasteiger partial charge in [0.2, 0.25) is 11.8 Å². The Bertz CT molecular complexity index is 312. The van der Waals surface area contributed by atoms with Crippen LogP contribution < -0.4 is 5.32 Å². The van der Waals surface area contributed by atoms with Crippen molar-refractivity contribution in [2.75, 3.05) is 6.61 Å². The van der Waals surface area contributed by atoms with Crippen LogP contribution in [0.15, 0.2) is 4.42 Å². The summed E-state index contributed by atoms with van der Waals surface area (Å²) >= 11 is 0. The smallest absolute Gasteiger partial charge is 0.233 e. The molecule has 5 heteroatoms. The molecule has 2 N–H and O–H groups in total. The summed E-state index contributed by atoms with van der Waals surface area (Å²) in [6, 6.07) is 0.271. The van der Waals surface area contributed by atoms with E-state index < -0.39 is 0 Å². The van der Waals surface area contributed by atoms with Gasteiger partial charge in [-0.3, -0.25) is 0 Å². The van der Waals surface area contributed by atoms with Gasteiger partial charge in [0.05, 0.1) is 6.04 Å².